The lowest BCUT2D eigenvalue weighted by Crippen LogP contribution is -2.14. The van der Waals surface area contributed by atoms with Gasteiger partial charge < -0.3 is 9.52 Å². The summed E-state index contributed by atoms with van der Waals surface area (Å²) in [6.07, 6.45) is 0.369. The van der Waals surface area contributed by atoms with Crippen molar-refractivity contribution in [2.24, 2.45) is 0 Å². The molecule has 4 rings (SSSR count). The lowest BCUT2D eigenvalue weighted by Gasteiger charge is -2.14. The Labute approximate surface area is 150 Å². The molecule has 3 aromatic carbocycles. The molecule has 0 aliphatic heterocycles. The molecule has 0 saturated heterocycles. The molecule has 1 unspecified atom stereocenters. The van der Waals surface area contributed by atoms with Gasteiger partial charge in [-0.1, -0.05) is 60.7 Å². The highest BCUT2D eigenvalue weighted by Gasteiger charge is 2.22. The quantitative estimate of drug-likeness (QED) is 0.559. The summed E-state index contributed by atoms with van der Waals surface area (Å²) >= 11 is 0. The zero-order valence-electron chi connectivity index (χ0n) is 14.0. The Morgan fingerprint density at radius 3 is 2.38 bits per heavy atom. The van der Waals surface area contributed by atoms with E-state index in [9.17, 15) is 9.90 Å². The summed E-state index contributed by atoms with van der Waals surface area (Å²) in [5.41, 5.74) is 4.01. The summed E-state index contributed by atoms with van der Waals surface area (Å²) in [6, 6.07) is 24.6. The second-order valence-corrected chi connectivity index (χ2v) is 6.15. The molecule has 4 nitrogen and oxygen atoms in total. The third-order valence-electron chi connectivity index (χ3n) is 4.47. The summed E-state index contributed by atoms with van der Waals surface area (Å²) in [4.78, 5) is 16.4. The molecule has 0 radical (unpaired) electrons. The Morgan fingerprint density at radius 2 is 1.62 bits per heavy atom. The van der Waals surface area contributed by atoms with Crippen LogP contribution < -0.4 is 0 Å². The third kappa shape index (κ3) is 3.09. The maximum absolute atomic E-state index is 11.9. The van der Waals surface area contributed by atoms with Gasteiger partial charge >= 0.3 is 5.97 Å². The van der Waals surface area contributed by atoms with Gasteiger partial charge in [0.2, 0.25) is 5.89 Å². The summed E-state index contributed by atoms with van der Waals surface area (Å²) in [5.74, 6) is -0.954. The molecular formula is C22H17NO3. The molecule has 0 bridgehead atoms. The number of carboxylic acid groups (broad SMARTS) is 1. The molecule has 1 aromatic heterocycles. The van der Waals surface area contributed by atoms with Crippen LogP contribution in [0.1, 0.15) is 17.0 Å². The van der Waals surface area contributed by atoms with E-state index in [1.807, 2.05) is 78.9 Å². The molecule has 0 amide bonds. The van der Waals surface area contributed by atoms with Gasteiger partial charge in [0, 0.05) is 5.56 Å². The average Bonchev–Trinajstić information content (AvgIpc) is 3.11. The van der Waals surface area contributed by atoms with Gasteiger partial charge in [0.1, 0.15) is 5.52 Å². The SMILES string of the molecule is O=C(O)C(Cc1ccccc1-c1nc2ccccc2o1)c1ccccc1. The smallest absolute Gasteiger partial charge is 0.311 e. The number of para-hydroxylation sites is 2. The van der Waals surface area contributed by atoms with Crippen molar-refractivity contribution in [3.63, 3.8) is 0 Å². The van der Waals surface area contributed by atoms with Crippen molar-refractivity contribution < 1.29 is 14.3 Å². The molecule has 128 valence electrons. The molecule has 0 fully saturated rings. The Hall–Kier alpha value is -3.40. The van der Waals surface area contributed by atoms with Gasteiger partial charge in [-0.05, 0) is 35.7 Å². The number of aliphatic carboxylic acids is 1. The molecule has 0 aliphatic carbocycles. The van der Waals surface area contributed by atoms with Gasteiger partial charge in [0.25, 0.3) is 0 Å². The first-order valence-electron chi connectivity index (χ1n) is 8.44. The number of rotatable bonds is 5. The number of oxazole rings is 1. The molecule has 1 atom stereocenters. The zero-order valence-corrected chi connectivity index (χ0v) is 14.0. The minimum absolute atomic E-state index is 0.369. The predicted molar refractivity (Wildman–Crippen MR) is 100.0 cm³/mol. The standard InChI is InChI=1S/C22H17NO3/c24-22(25)18(15-8-2-1-3-9-15)14-16-10-4-5-11-17(16)21-23-19-12-6-7-13-20(19)26-21/h1-13,18H,14H2,(H,24,25). The summed E-state index contributed by atoms with van der Waals surface area (Å²) in [5, 5.41) is 9.72. The Balaban J connectivity index is 1.74. The van der Waals surface area contributed by atoms with Crippen LogP contribution in [0.5, 0.6) is 0 Å². The average molecular weight is 343 g/mol. The minimum Gasteiger partial charge on any atom is -0.481 e. The molecule has 1 heterocycles. The predicted octanol–water partition coefficient (Wildman–Crippen LogP) is 4.91. The van der Waals surface area contributed by atoms with Gasteiger partial charge in [-0.2, -0.15) is 0 Å². The van der Waals surface area contributed by atoms with Gasteiger partial charge in [0.15, 0.2) is 5.58 Å². The van der Waals surface area contributed by atoms with Crippen molar-refractivity contribution in [3.8, 4) is 11.5 Å². The molecule has 0 spiro atoms. The number of fused-ring (bicyclic) bond motifs is 1. The van der Waals surface area contributed by atoms with Crippen LogP contribution in [-0.2, 0) is 11.2 Å². The monoisotopic (exact) mass is 343 g/mol. The lowest BCUT2D eigenvalue weighted by molar-refractivity contribution is -0.138. The van der Waals surface area contributed by atoms with Crippen LogP contribution in [-0.4, -0.2) is 16.1 Å². The minimum atomic E-state index is -0.844. The van der Waals surface area contributed by atoms with Crippen molar-refractivity contribution in [2.45, 2.75) is 12.3 Å². The molecule has 26 heavy (non-hydrogen) atoms. The molecular weight excluding hydrogens is 326 g/mol. The lowest BCUT2D eigenvalue weighted by atomic mass is 9.90. The molecule has 0 saturated carbocycles. The topological polar surface area (TPSA) is 63.3 Å². The summed E-state index contributed by atoms with van der Waals surface area (Å²) in [7, 11) is 0. The van der Waals surface area contributed by atoms with E-state index in [0.29, 0.717) is 12.3 Å². The zero-order chi connectivity index (χ0) is 17.9. The highest BCUT2D eigenvalue weighted by atomic mass is 16.4. The van der Waals surface area contributed by atoms with E-state index in [-0.39, 0.29) is 0 Å². The van der Waals surface area contributed by atoms with Gasteiger partial charge in [-0.15, -0.1) is 0 Å². The normalized spacial score (nSPS) is 12.2. The van der Waals surface area contributed by atoms with E-state index in [0.717, 1.165) is 27.8 Å². The molecule has 0 aliphatic rings. The van der Waals surface area contributed by atoms with E-state index in [4.69, 9.17) is 4.42 Å². The maximum Gasteiger partial charge on any atom is 0.311 e. The Morgan fingerprint density at radius 1 is 0.923 bits per heavy atom. The number of aromatic nitrogens is 1. The van der Waals surface area contributed by atoms with Crippen molar-refractivity contribution in [1.82, 2.24) is 4.98 Å². The van der Waals surface area contributed by atoms with Crippen LogP contribution in [0.4, 0.5) is 0 Å². The van der Waals surface area contributed by atoms with E-state index in [1.165, 1.54) is 0 Å². The fourth-order valence-electron chi connectivity index (χ4n) is 3.15. The van der Waals surface area contributed by atoms with Crippen LogP contribution in [0.15, 0.2) is 83.3 Å². The van der Waals surface area contributed by atoms with Crippen LogP contribution in [0.2, 0.25) is 0 Å². The van der Waals surface area contributed by atoms with E-state index in [2.05, 4.69) is 4.98 Å². The number of hydrogen-bond donors (Lipinski definition) is 1. The van der Waals surface area contributed by atoms with Crippen LogP contribution >= 0.6 is 0 Å². The molecule has 4 heteroatoms. The van der Waals surface area contributed by atoms with Crippen molar-refractivity contribution >= 4 is 17.1 Å². The fraction of sp³-hybridized carbons (Fsp3) is 0.0909. The summed E-state index contributed by atoms with van der Waals surface area (Å²) < 4.78 is 5.88. The molecule has 4 aromatic rings. The first-order valence-corrected chi connectivity index (χ1v) is 8.44. The first kappa shape index (κ1) is 16.1. The van der Waals surface area contributed by atoms with Crippen molar-refractivity contribution in [1.29, 1.82) is 0 Å². The Bertz CT molecular complexity index is 1020. The number of hydrogen-bond acceptors (Lipinski definition) is 3. The van der Waals surface area contributed by atoms with Crippen LogP contribution in [0.3, 0.4) is 0 Å². The maximum atomic E-state index is 11.9. The summed E-state index contributed by atoms with van der Waals surface area (Å²) in [6.45, 7) is 0. The number of nitrogens with zero attached hydrogens (tertiary/aromatic N) is 1. The molecule has 1 N–H and O–H groups in total. The van der Waals surface area contributed by atoms with E-state index < -0.39 is 11.9 Å². The highest BCUT2D eigenvalue weighted by Crippen LogP contribution is 2.30. The third-order valence-corrected chi connectivity index (χ3v) is 4.47. The second kappa shape index (κ2) is 6.84. The number of carbonyl (C=O) groups is 1. The van der Waals surface area contributed by atoms with Gasteiger partial charge in [0.05, 0.1) is 5.92 Å². The van der Waals surface area contributed by atoms with Gasteiger partial charge in [-0.25, -0.2) is 4.98 Å². The van der Waals surface area contributed by atoms with E-state index in [1.54, 1.807) is 0 Å². The highest BCUT2D eigenvalue weighted by molar-refractivity contribution is 5.79. The fourth-order valence-corrected chi connectivity index (χ4v) is 3.15. The van der Waals surface area contributed by atoms with Gasteiger partial charge in [-0.3, -0.25) is 4.79 Å². The first-order chi connectivity index (χ1) is 12.7. The van der Waals surface area contributed by atoms with Crippen LogP contribution in [0.25, 0.3) is 22.6 Å². The van der Waals surface area contributed by atoms with Crippen molar-refractivity contribution in [2.75, 3.05) is 0 Å². The Kier molecular flexibility index (Phi) is 4.23. The number of carboxylic acids is 1. The van der Waals surface area contributed by atoms with E-state index >= 15 is 0 Å². The second-order valence-electron chi connectivity index (χ2n) is 6.15. The largest absolute Gasteiger partial charge is 0.481 e. The van der Waals surface area contributed by atoms with Crippen molar-refractivity contribution in [3.05, 3.63) is 90.0 Å². The van der Waals surface area contributed by atoms with Crippen LogP contribution in [0, 0.1) is 0 Å². The number of benzene rings is 3.